The van der Waals surface area contributed by atoms with Gasteiger partial charge in [0.15, 0.2) is 0 Å². The number of hydrogen-bond donors (Lipinski definition) is 2. The van der Waals surface area contributed by atoms with Gasteiger partial charge in [0, 0.05) is 31.7 Å². The molecule has 2 aliphatic heterocycles. The van der Waals surface area contributed by atoms with E-state index in [1.54, 1.807) is 36.2 Å². The van der Waals surface area contributed by atoms with Crippen LogP contribution in [0.4, 0.5) is 4.79 Å². The second-order valence-electron chi connectivity index (χ2n) is 12.1. The molecular formula is C37H38N4O6. The number of nitrogens with one attached hydrogen (secondary N) is 2. The predicted molar refractivity (Wildman–Crippen MR) is 177 cm³/mol. The smallest absolute Gasteiger partial charge is 0.408 e. The molecule has 10 heteroatoms. The standard InChI is InChI=1S/C37H38N4O6/c1-40-17-16-33(39-37(45)47-23-25-8-3-2-4-9-25)36(44)41-22-30(21-31(41)24-46-32-13-7-12-29(20-32)35(40)43)38-34(42)19-26-14-15-27-10-5-6-11-28(27)18-26/h2-15,18,20,30-31,33H,16-17,19,21-24H2,1H3,(H,38,42)(H,39,45)/t30-,31-,33-/m0/s1. The summed E-state index contributed by atoms with van der Waals surface area (Å²) in [7, 11) is 1.66. The molecule has 47 heavy (non-hydrogen) atoms. The molecule has 0 aliphatic carbocycles. The summed E-state index contributed by atoms with van der Waals surface area (Å²) >= 11 is 0. The molecule has 3 atom stereocenters. The molecule has 2 bridgehead atoms. The number of alkyl carbamates (subject to hydrolysis) is 1. The highest BCUT2D eigenvalue weighted by atomic mass is 16.5. The first-order chi connectivity index (χ1) is 22.8. The largest absolute Gasteiger partial charge is 0.491 e. The van der Waals surface area contributed by atoms with Gasteiger partial charge >= 0.3 is 6.09 Å². The number of amides is 4. The van der Waals surface area contributed by atoms with Crippen molar-refractivity contribution in [1.82, 2.24) is 20.4 Å². The third-order valence-corrected chi connectivity index (χ3v) is 8.67. The van der Waals surface area contributed by atoms with Crippen LogP contribution in [-0.2, 0) is 27.4 Å². The third kappa shape index (κ3) is 7.89. The van der Waals surface area contributed by atoms with E-state index < -0.39 is 12.1 Å². The van der Waals surface area contributed by atoms with E-state index in [0.717, 1.165) is 21.9 Å². The number of carbonyl (C=O) groups is 4. The maximum absolute atomic E-state index is 14.1. The van der Waals surface area contributed by atoms with Gasteiger partial charge in [0.05, 0.1) is 12.5 Å². The fraction of sp³-hybridized carbons (Fsp3) is 0.297. The molecule has 1 fully saturated rings. The summed E-state index contributed by atoms with van der Waals surface area (Å²) < 4.78 is 11.5. The van der Waals surface area contributed by atoms with E-state index in [1.165, 1.54) is 4.90 Å². The summed E-state index contributed by atoms with van der Waals surface area (Å²) in [5.41, 5.74) is 2.18. The molecule has 2 aliphatic rings. The van der Waals surface area contributed by atoms with Gasteiger partial charge in [-0.1, -0.05) is 78.9 Å². The van der Waals surface area contributed by atoms with E-state index in [1.807, 2.05) is 72.8 Å². The highest BCUT2D eigenvalue weighted by Gasteiger charge is 2.40. The van der Waals surface area contributed by atoms with Gasteiger partial charge in [-0.05, 0) is 52.9 Å². The summed E-state index contributed by atoms with van der Waals surface area (Å²) in [5, 5.41) is 8.04. The lowest BCUT2D eigenvalue weighted by atomic mass is 10.0. The van der Waals surface area contributed by atoms with Crippen LogP contribution in [0.15, 0.2) is 97.1 Å². The molecule has 2 N–H and O–H groups in total. The average Bonchev–Trinajstić information content (AvgIpc) is 3.49. The van der Waals surface area contributed by atoms with Gasteiger partial charge in [-0.2, -0.15) is 0 Å². The summed E-state index contributed by atoms with van der Waals surface area (Å²) in [6, 6.07) is 28.5. The number of rotatable bonds is 6. The van der Waals surface area contributed by atoms with Gasteiger partial charge in [-0.3, -0.25) is 14.4 Å². The monoisotopic (exact) mass is 634 g/mol. The topological polar surface area (TPSA) is 117 Å². The van der Waals surface area contributed by atoms with Crippen molar-refractivity contribution in [2.45, 2.75) is 44.0 Å². The number of hydrogen-bond acceptors (Lipinski definition) is 6. The Balaban J connectivity index is 1.18. The average molecular weight is 635 g/mol. The molecule has 4 aromatic carbocycles. The van der Waals surface area contributed by atoms with Crippen LogP contribution in [0.5, 0.6) is 5.75 Å². The zero-order chi connectivity index (χ0) is 32.8. The van der Waals surface area contributed by atoms with Gasteiger partial charge in [-0.15, -0.1) is 0 Å². The zero-order valence-electron chi connectivity index (χ0n) is 26.3. The number of fused-ring (bicyclic) bond motifs is 4. The number of nitrogens with zero attached hydrogens (tertiary/aromatic N) is 2. The van der Waals surface area contributed by atoms with Crippen molar-refractivity contribution in [3.8, 4) is 5.75 Å². The Morgan fingerprint density at radius 2 is 1.66 bits per heavy atom. The van der Waals surface area contributed by atoms with Crippen LogP contribution in [0, 0.1) is 0 Å². The molecule has 0 spiro atoms. The van der Waals surface area contributed by atoms with Crippen LogP contribution in [0.1, 0.15) is 34.3 Å². The molecule has 10 nitrogen and oxygen atoms in total. The highest BCUT2D eigenvalue weighted by Crippen LogP contribution is 2.24. The normalized spacial score (nSPS) is 19.9. The number of ether oxygens (including phenoxy) is 2. The molecule has 0 saturated carbocycles. The second-order valence-corrected chi connectivity index (χ2v) is 12.1. The van der Waals surface area contributed by atoms with Crippen molar-refractivity contribution in [3.05, 3.63) is 114 Å². The van der Waals surface area contributed by atoms with E-state index in [2.05, 4.69) is 10.6 Å². The summed E-state index contributed by atoms with van der Waals surface area (Å²) in [4.78, 5) is 56.6. The predicted octanol–water partition coefficient (Wildman–Crippen LogP) is 4.32. The quantitative estimate of drug-likeness (QED) is 0.327. The van der Waals surface area contributed by atoms with Gasteiger partial charge in [0.2, 0.25) is 11.8 Å². The SMILES string of the molecule is CN1CC[C@H](NC(=O)OCc2ccccc2)C(=O)N2C[C@@H](NC(=O)Cc3ccc4ccccc4c3)C[C@H]2COc2cccc(c2)C1=O. The Bertz CT molecular complexity index is 1760. The van der Waals surface area contributed by atoms with E-state index in [4.69, 9.17) is 9.47 Å². The molecule has 2 heterocycles. The fourth-order valence-electron chi connectivity index (χ4n) is 6.18. The first kappa shape index (κ1) is 31.6. The molecule has 4 aromatic rings. The van der Waals surface area contributed by atoms with Crippen LogP contribution < -0.4 is 15.4 Å². The lowest BCUT2D eigenvalue weighted by Crippen LogP contribution is -2.52. The van der Waals surface area contributed by atoms with E-state index in [0.29, 0.717) is 17.7 Å². The minimum absolute atomic E-state index is 0.0487. The molecule has 242 valence electrons. The molecule has 4 amide bonds. The Hall–Kier alpha value is -5.38. The fourth-order valence-corrected chi connectivity index (χ4v) is 6.18. The van der Waals surface area contributed by atoms with Crippen LogP contribution >= 0.6 is 0 Å². The minimum Gasteiger partial charge on any atom is -0.491 e. The summed E-state index contributed by atoms with van der Waals surface area (Å²) in [6.45, 7) is 0.667. The first-order valence-corrected chi connectivity index (χ1v) is 15.9. The van der Waals surface area contributed by atoms with Crippen molar-refractivity contribution >= 4 is 34.6 Å². The Morgan fingerprint density at radius 3 is 2.49 bits per heavy atom. The summed E-state index contributed by atoms with van der Waals surface area (Å²) in [6.07, 6.45) is 0.119. The molecule has 0 radical (unpaired) electrons. The van der Waals surface area contributed by atoms with Crippen LogP contribution in [0.3, 0.4) is 0 Å². The molecule has 6 rings (SSSR count). The first-order valence-electron chi connectivity index (χ1n) is 15.9. The molecule has 1 saturated heterocycles. The van der Waals surface area contributed by atoms with Crippen LogP contribution in [0.25, 0.3) is 10.8 Å². The zero-order valence-corrected chi connectivity index (χ0v) is 26.3. The van der Waals surface area contributed by atoms with Gasteiger partial charge in [0.25, 0.3) is 5.91 Å². The van der Waals surface area contributed by atoms with Crippen molar-refractivity contribution in [2.75, 3.05) is 26.7 Å². The van der Waals surface area contributed by atoms with E-state index in [-0.39, 0.29) is 69.0 Å². The molecule has 0 aromatic heterocycles. The van der Waals surface area contributed by atoms with Gasteiger partial charge in [-0.25, -0.2) is 4.79 Å². The lowest BCUT2D eigenvalue weighted by molar-refractivity contribution is -0.135. The van der Waals surface area contributed by atoms with Crippen molar-refractivity contribution in [1.29, 1.82) is 0 Å². The van der Waals surface area contributed by atoms with E-state index >= 15 is 0 Å². The van der Waals surface area contributed by atoms with Crippen LogP contribution in [-0.4, -0.2) is 78.5 Å². The minimum atomic E-state index is -0.966. The third-order valence-electron chi connectivity index (χ3n) is 8.67. The molecular weight excluding hydrogens is 596 g/mol. The maximum atomic E-state index is 14.1. The van der Waals surface area contributed by atoms with Crippen LogP contribution in [0.2, 0.25) is 0 Å². The van der Waals surface area contributed by atoms with E-state index in [9.17, 15) is 19.2 Å². The van der Waals surface area contributed by atoms with Crippen molar-refractivity contribution in [2.24, 2.45) is 0 Å². The van der Waals surface area contributed by atoms with Gasteiger partial charge in [0.1, 0.15) is 25.0 Å². The lowest BCUT2D eigenvalue weighted by Gasteiger charge is -2.29. The van der Waals surface area contributed by atoms with Crippen molar-refractivity contribution < 1.29 is 28.7 Å². The van der Waals surface area contributed by atoms with Crippen molar-refractivity contribution in [3.63, 3.8) is 0 Å². The Morgan fingerprint density at radius 1 is 0.872 bits per heavy atom. The number of benzene rings is 4. The summed E-state index contributed by atoms with van der Waals surface area (Å²) in [5.74, 6) is -0.171. The molecule has 0 unspecified atom stereocenters. The van der Waals surface area contributed by atoms with Gasteiger partial charge < -0.3 is 29.9 Å². The highest BCUT2D eigenvalue weighted by molar-refractivity contribution is 5.94. The second kappa shape index (κ2) is 14.4. The number of carbonyl (C=O) groups excluding carboxylic acids is 4. The maximum Gasteiger partial charge on any atom is 0.408 e. The Labute approximate surface area is 273 Å². The Kier molecular flexibility index (Phi) is 9.66.